The van der Waals surface area contributed by atoms with E-state index in [0.29, 0.717) is 0 Å². The third-order valence-electron chi connectivity index (χ3n) is 3.29. The van der Waals surface area contributed by atoms with E-state index in [0.717, 1.165) is 29.2 Å². The Labute approximate surface area is 122 Å². The van der Waals surface area contributed by atoms with Crippen LogP contribution >= 0.6 is 0 Å². The Morgan fingerprint density at radius 3 is 2.76 bits per heavy atom. The zero-order valence-electron chi connectivity index (χ0n) is 12.0. The van der Waals surface area contributed by atoms with Crippen molar-refractivity contribution in [2.24, 2.45) is 0 Å². The van der Waals surface area contributed by atoms with Crippen molar-refractivity contribution >= 4 is 5.69 Å². The fourth-order valence-corrected chi connectivity index (χ4v) is 2.02. The number of pyridine rings is 1. The smallest absolute Gasteiger partial charge is 0.143 e. The molecule has 0 unspecified atom stereocenters. The summed E-state index contributed by atoms with van der Waals surface area (Å²) >= 11 is 0. The van der Waals surface area contributed by atoms with E-state index in [9.17, 15) is 0 Å². The minimum absolute atomic E-state index is 0.729. The first kappa shape index (κ1) is 13.2. The van der Waals surface area contributed by atoms with Gasteiger partial charge >= 0.3 is 0 Å². The Bertz CT molecular complexity index is 718. The third-order valence-corrected chi connectivity index (χ3v) is 3.29. The third kappa shape index (κ3) is 3.05. The van der Waals surface area contributed by atoms with Crippen LogP contribution in [0.15, 0.2) is 42.9 Å². The highest BCUT2D eigenvalue weighted by molar-refractivity contribution is 5.56. The van der Waals surface area contributed by atoms with E-state index in [4.69, 9.17) is 0 Å². The van der Waals surface area contributed by atoms with Crippen LogP contribution in [0, 0.1) is 13.8 Å². The van der Waals surface area contributed by atoms with Gasteiger partial charge in [-0.15, -0.1) is 5.10 Å². The second-order valence-corrected chi connectivity index (χ2v) is 4.92. The Kier molecular flexibility index (Phi) is 3.59. The molecule has 1 N–H and O–H groups in total. The van der Waals surface area contributed by atoms with Gasteiger partial charge in [-0.3, -0.25) is 4.98 Å². The summed E-state index contributed by atoms with van der Waals surface area (Å²) in [6.07, 6.45) is 3.47. The number of rotatable bonds is 4. The van der Waals surface area contributed by atoms with Crippen molar-refractivity contribution in [2.75, 3.05) is 5.32 Å². The van der Waals surface area contributed by atoms with Crippen LogP contribution in [-0.4, -0.2) is 25.2 Å². The predicted octanol–water partition coefficient (Wildman–Crippen LogP) is 2.29. The zero-order chi connectivity index (χ0) is 14.7. The normalized spacial score (nSPS) is 10.6. The Balaban J connectivity index is 1.78. The number of hydrogen-bond donors (Lipinski definition) is 1. The summed E-state index contributed by atoms with van der Waals surface area (Å²) < 4.78 is 1.64. The average molecular weight is 280 g/mol. The van der Waals surface area contributed by atoms with Crippen molar-refractivity contribution in [1.82, 2.24) is 25.2 Å². The number of tetrazole rings is 1. The molecule has 3 aromatic rings. The topological polar surface area (TPSA) is 68.5 Å². The van der Waals surface area contributed by atoms with Gasteiger partial charge in [0.25, 0.3) is 0 Å². The van der Waals surface area contributed by atoms with Crippen LogP contribution in [0.3, 0.4) is 0 Å². The van der Waals surface area contributed by atoms with Crippen LogP contribution < -0.4 is 5.32 Å². The minimum Gasteiger partial charge on any atom is -0.381 e. The van der Waals surface area contributed by atoms with E-state index in [2.05, 4.69) is 38.8 Å². The first-order valence-electron chi connectivity index (χ1n) is 6.72. The van der Waals surface area contributed by atoms with Crippen molar-refractivity contribution in [3.63, 3.8) is 0 Å². The number of aromatic nitrogens is 5. The van der Waals surface area contributed by atoms with Crippen LogP contribution in [0.2, 0.25) is 0 Å². The number of anilines is 1. The van der Waals surface area contributed by atoms with E-state index in [1.807, 2.05) is 37.4 Å². The molecule has 21 heavy (non-hydrogen) atoms. The lowest BCUT2D eigenvalue weighted by Crippen LogP contribution is -2.03. The van der Waals surface area contributed by atoms with Crippen molar-refractivity contribution in [1.29, 1.82) is 0 Å². The maximum Gasteiger partial charge on any atom is 0.143 e. The number of hydrogen-bond acceptors (Lipinski definition) is 5. The van der Waals surface area contributed by atoms with Gasteiger partial charge < -0.3 is 5.32 Å². The van der Waals surface area contributed by atoms with Gasteiger partial charge in [-0.2, -0.15) is 0 Å². The molecule has 0 aliphatic carbocycles. The summed E-state index contributed by atoms with van der Waals surface area (Å²) in [5.74, 6) is 0. The molecule has 0 saturated heterocycles. The first-order valence-corrected chi connectivity index (χ1v) is 6.72. The van der Waals surface area contributed by atoms with Gasteiger partial charge in [0.1, 0.15) is 6.33 Å². The molecule has 0 radical (unpaired) electrons. The SMILES string of the molecule is Cc1ccc(CNc2cc(-n3cnnn3)ccc2C)cn1. The van der Waals surface area contributed by atoms with Gasteiger partial charge in [0, 0.05) is 24.1 Å². The number of nitrogens with zero attached hydrogens (tertiary/aromatic N) is 5. The predicted molar refractivity (Wildman–Crippen MR) is 80.2 cm³/mol. The molecule has 0 amide bonds. The van der Waals surface area contributed by atoms with Gasteiger partial charge in [0.15, 0.2) is 0 Å². The minimum atomic E-state index is 0.729. The van der Waals surface area contributed by atoms with Crippen LogP contribution in [0.1, 0.15) is 16.8 Å². The summed E-state index contributed by atoms with van der Waals surface area (Å²) in [6, 6.07) is 10.2. The van der Waals surface area contributed by atoms with E-state index < -0.39 is 0 Å². The number of benzene rings is 1. The molecule has 0 spiro atoms. The van der Waals surface area contributed by atoms with Crippen molar-refractivity contribution in [3.8, 4) is 5.69 Å². The number of nitrogens with one attached hydrogen (secondary N) is 1. The summed E-state index contributed by atoms with van der Waals surface area (Å²) in [6.45, 7) is 4.78. The second-order valence-electron chi connectivity index (χ2n) is 4.92. The Morgan fingerprint density at radius 2 is 2.05 bits per heavy atom. The van der Waals surface area contributed by atoms with Crippen LogP contribution in [0.25, 0.3) is 5.69 Å². The lowest BCUT2D eigenvalue weighted by molar-refractivity contribution is 0.789. The zero-order valence-corrected chi connectivity index (χ0v) is 12.0. The van der Waals surface area contributed by atoms with Gasteiger partial charge in [-0.05, 0) is 53.6 Å². The van der Waals surface area contributed by atoms with Gasteiger partial charge in [0.2, 0.25) is 0 Å². The molecule has 6 nitrogen and oxygen atoms in total. The van der Waals surface area contributed by atoms with Gasteiger partial charge in [0.05, 0.1) is 5.69 Å². The molecular formula is C15H16N6. The average Bonchev–Trinajstić information content (AvgIpc) is 3.02. The summed E-state index contributed by atoms with van der Waals surface area (Å²) in [4.78, 5) is 4.30. The Morgan fingerprint density at radius 1 is 1.14 bits per heavy atom. The molecule has 0 aliphatic heterocycles. The standard InChI is InChI=1S/C15H16N6/c1-11-3-6-14(21-10-18-19-20-21)7-15(11)17-9-13-5-4-12(2)16-8-13/h3-8,10,17H,9H2,1-2H3. The summed E-state index contributed by atoms with van der Waals surface area (Å²) in [5.41, 5.74) is 5.33. The molecule has 6 heteroatoms. The molecule has 3 rings (SSSR count). The van der Waals surface area contributed by atoms with Crippen LogP contribution in [0.4, 0.5) is 5.69 Å². The van der Waals surface area contributed by atoms with E-state index >= 15 is 0 Å². The molecule has 0 atom stereocenters. The maximum atomic E-state index is 4.30. The van der Waals surface area contributed by atoms with E-state index in [1.54, 1.807) is 11.0 Å². The first-order chi connectivity index (χ1) is 10.2. The van der Waals surface area contributed by atoms with Crippen LogP contribution in [-0.2, 0) is 6.54 Å². The highest BCUT2D eigenvalue weighted by atomic mass is 15.5. The maximum absolute atomic E-state index is 4.30. The summed E-state index contributed by atoms with van der Waals surface area (Å²) in [5, 5.41) is 14.6. The second kappa shape index (κ2) is 5.70. The molecule has 0 fully saturated rings. The molecule has 0 aliphatic rings. The molecule has 0 saturated carbocycles. The fraction of sp³-hybridized carbons (Fsp3) is 0.200. The van der Waals surface area contributed by atoms with Gasteiger partial charge in [-0.1, -0.05) is 12.1 Å². The monoisotopic (exact) mass is 280 g/mol. The van der Waals surface area contributed by atoms with Crippen LogP contribution in [0.5, 0.6) is 0 Å². The quantitative estimate of drug-likeness (QED) is 0.794. The largest absolute Gasteiger partial charge is 0.381 e. The van der Waals surface area contributed by atoms with Gasteiger partial charge in [-0.25, -0.2) is 4.68 Å². The Hall–Kier alpha value is -2.76. The highest BCUT2D eigenvalue weighted by Gasteiger charge is 2.03. The molecule has 106 valence electrons. The lowest BCUT2D eigenvalue weighted by Gasteiger charge is -2.11. The molecular weight excluding hydrogens is 264 g/mol. The molecule has 0 bridgehead atoms. The van der Waals surface area contributed by atoms with E-state index in [-0.39, 0.29) is 0 Å². The highest BCUT2D eigenvalue weighted by Crippen LogP contribution is 2.19. The molecule has 2 heterocycles. The molecule has 2 aromatic heterocycles. The lowest BCUT2D eigenvalue weighted by atomic mass is 10.1. The van der Waals surface area contributed by atoms with Crippen molar-refractivity contribution in [3.05, 3.63) is 59.7 Å². The number of aryl methyl sites for hydroxylation is 2. The van der Waals surface area contributed by atoms with E-state index in [1.165, 1.54) is 5.56 Å². The molecule has 1 aromatic carbocycles. The van der Waals surface area contributed by atoms with Crippen molar-refractivity contribution < 1.29 is 0 Å². The summed E-state index contributed by atoms with van der Waals surface area (Å²) in [7, 11) is 0. The fourth-order valence-electron chi connectivity index (χ4n) is 2.02. The van der Waals surface area contributed by atoms with Crippen molar-refractivity contribution in [2.45, 2.75) is 20.4 Å².